The van der Waals surface area contributed by atoms with Gasteiger partial charge in [0.05, 0.1) is 17.5 Å². The van der Waals surface area contributed by atoms with Crippen LogP contribution < -0.4 is 0 Å². The fourth-order valence-corrected chi connectivity index (χ4v) is 4.73. The second kappa shape index (κ2) is 4.31. The van der Waals surface area contributed by atoms with E-state index in [1.54, 1.807) is 4.68 Å². The van der Waals surface area contributed by atoms with E-state index >= 15 is 0 Å². The molecular formula is C11H12BrN3O2S. The Balaban J connectivity index is 2.01. The van der Waals surface area contributed by atoms with Gasteiger partial charge in [-0.15, -0.1) is 5.10 Å². The molecule has 0 amide bonds. The minimum Gasteiger partial charge on any atom is -0.242 e. The highest BCUT2D eigenvalue weighted by molar-refractivity contribution is 9.10. The molecule has 18 heavy (non-hydrogen) atoms. The molecule has 1 aromatic heterocycles. The summed E-state index contributed by atoms with van der Waals surface area (Å²) in [6.07, 6.45) is 1.47. The van der Waals surface area contributed by atoms with Crippen molar-refractivity contribution in [1.82, 2.24) is 15.0 Å². The van der Waals surface area contributed by atoms with Gasteiger partial charge >= 0.3 is 0 Å². The Morgan fingerprint density at radius 2 is 2.28 bits per heavy atom. The van der Waals surface area contributed by atoms with Crippen molar-refractivity contribution < 1.29 is 8.42 Å². The van der Waals surface area contributed by atoms with Crippen molar-refractivity contribution in [2.75, 3.05) is 5.75 Å². The van der Waals surface area contributed by atoms with E-state index in [9.17, 15) is 8.42 Å². The van der Waals surface area contributed by atoms with E-state index in [0.717, 1.165) is 21.9 Å². The molecule has 3 rings (SSSR count). The standard InChI is InChI=1S/C11H12BrN3O2S/c12-9-4-1-5-10-11(9)15(14-13-10)7-8-3-2-6-18(8,16)17/h1,4-5,8H,2-3,6-7H2. The van der Waals surface area contributed by atoms with Crippen molar-refractivity contribution in [2.45, 2.75) is 24.6 Å². The van der Waals surface area contributed by atoms with Gasteiger partial charge in [0.1, 0.15) is 11.0 Å². The summed E-state index contributed by atoms with van der Waals surface area (Å²) in [4.78, 5) is 0. The van der Waals surface area contributed by atoms with E-state index in [0.29, 0.717) is 18.7 Å². The van der Waals surface area contributed by atoms with Crippen LogP contribution >= 0.6 is 15.9 Å². The maximum atomic E-state index is 11.8. The lowest BCUT2D eigenvalue weighted by atomic mass is 10.2. The molecule has 0 spiro atoms. The molecule has 5 nitrogen and oxygen atoms in total. The van der Waals surface area contributed by atoms with Gasteiger partial charge in [0.25, 0.3) is 0 Å². The molecule has 0 N–H and O–H groups in total. The zero-order chi connectivity index (χ0) is 12.8. The first-order chi connectivity index (χ1) is 8.58. The molecule has 0 radical (unpaired) electrons. The first-order valence-corrected chi connectivity index (χ1v) is 8.28. The van der Waals surface area contributed by atoms with Crippen molar-refractivity contribution in [3.05, 3.63) is 22.7 Å². The average Bonchev–Trinajstić information content (AvgIpc) is 2.85. The molecule has 1 atom stereocenters. The first kappa shape index (κ1) is 12.1. The second-order valence-electron chi connectivity index (χ2n) is 4.51. The number of sulfone groups is 1. The molecule has 2 aromatic rings. The highest BCUT2D eigenvalue weighted by atomic mass is 79.9. The van der Waals surface area contributed by atoms with Crippen LogP contribution in [0, 0.1) is 0 Å². The monoisotopic (exact) mass is 329 g/mol. The zero-order valence-electron chi connectivity index (χ0n) is 9.58. The summed E-state index contributed by atoms with van der Waals surface area (Å²) in [5.41, 5.74) is 1.64. The molecule has 0 bridgehead atoms. The van der Waals surface area contributed by atoms with Crippen LogP contribution in [0.5, 0.6) is 0 Å². The number of para-hydroxylation sites is 1. The number of hydrogen-bond donors (Lipinski definition) is 0. The largest absolute Gasteiger partial charge is 0.242 e. The lowest BCUT2D eigenvalue weighted by Crippen LogP contribution is -2.22. The highest BCUT2D eigenvalue weighted by Gasteiger charge is 2.32. The molecule has 1 aliphatic rings. The number of nitrogens with zero attached hydrogens (tertiary/aromatic N) is 3. The van der Waals surface area contributed by atoms with Crippen LogP contribution in [0.2, 0.25) is 0 Å². The lowest BCUT2D eigenvalue weighted by molar-refractivity contribution is 0.540. The summed E-state index contributed by atoms with van der Waals surface area (Å²) in [6, 6.07) is 5.66. The van der Waals surface area contributed by atoms with Crippen molar-refractivity contribution in [1.29, 1.82) is 0 Å². The van der Waals surface area contributed by atoms with Crippen molar-refractivity contribution in [3.8, 4) is 0 Å². The third kappa shape index (κ3) is 1.95. The Morgan fingerprint density at radius 1 is 1.44 bits per heavy atom. The van der Waals surface area contributed by atoms with Crippen LogP contribution in [0.4, 0.5) is 0 Å². The summed E-state index contributed by atoms with van der Waals surface area (Å²) in [5.74, 6) is 0.297. The summed E-state index contributed by atoms with van der Waals surface area (Å²) in [5, 5.41) is 7.79. The third-order valence-electron chi connectivity index (χ3n) is 3.32. The predicted octanol–water partition coefficient (Wildman–Crippen LogP) is 1.77. The maximum Gasteiger partial charge on any atom is 0.154 e. The van der Waals surface area contributed by atoms with E-state index < -0.39 is 9.84 Å². The van der Waals surface area contributed by atoms with Gasteiger partial charge in [-0.25, -0.2) is 13.1 Å². The molecule has 0 aliphatic carbocycles. The Labute approximate surface area is 113 Å². The Kier molecular flexibility index (Phi) is 2.90. The topological polar surface area (TPSA) is 64.8 Å². The van der Waals surface area contributed by atoms with E-state index in [1.807, 2.05) is 18.2 Å². The number of fused-ring (bicyclic) bond motifs is 1. The fraction of sp³-hybridized carbons (Fsp3) is 0.455. The van der Waals surface area contributed by atoms with E-state index in [2.05, 4.69) is 26.2 Å². The summed E-state index contributed by atoms with van der Waals surface area (Å²) < 4.78 is 26.2. The SMILES string of the molecule is O=S1(=O)CCCC1Cn1nnc2cccc(Br)c21. The maximum absolute atomic E-state index is 11.8. The number of aromatic nitrogens is 3. The number of halogens is 1. The van der Waals surface area contributed by atoms with Crippen LogP contribution in [0.1, 0.15) is 12.8 Å². The van der Waals surface area contributed by atoms with E-state index in [-0.39, 0.29) is 5.25 Å². The van der Waals surface area contributed by atoms with E-state index in [1.165, 1.54) is 0 Å². The van der Waals surface area contributed by atoms with Gasteiger partial charge < -0.3 is 0 Å². The van der Waals surface area contributed by atoms with Gasteiger partial charge in [-0.1, -0.05) is 11.3 Å². The number of hydrogen-bond acceptors (Lipinski definition) is 4. The average molecular weight is 330 g/mol. The van der Waals surface area contributed by atoms with Gasteiger partial charge in [-0.2, -0.15) is 0 Å². The summed E-state index contributed by atoms with van der Waals surface area (Å²) in [7, 11) is -2.95. The lowest BCUT2D eigenvalue weighted by Gasteiger charge is -2.09. The smallest absolute Gasteiger partial charge is 0.154 e. The van der Waals surface area contributed by atoms with Crippen LogP contribution in [0.3, 0.4) is 0 Å². The van der Waals surface area contributed by atoms with Crippen molar-refractivity contribution in [3.63, 3.8) is 0 Å². The Bertz CT molecular complexity index is 695. The number of benzene rings is 1. The van der Waals surface area contributed by atoms with Crippen LogP contribution in [0.15, 0.2) is 22.7 Å². The molecule has 1 unspecified atom stereocenters. The molecule has 1 aliphatic heterocycles. The predicted molar refractivity (Wildman–Crippen MR) is 72.0 cm³/mol. The normalized spacial score (nSPS) is 22.6. The van der Waals surface area contributed by atoms with Gasteiger partial charge in [0.15, 0.2) is 9.84 Å². The molecular weight excluding hydrogens is 318 g/mol. The molecule has 2 heterocycles. The van der Waals surface area contributed by atoms with Gasteiger partial charge in [0, 0.05) is 4.47 Å². The molecule has 1 fully saturated rings. The van der Waals surface area contributed by atoms with Crippen LogP contribution in [0.25, 0.3) is 11.0 Å². The minimum absolute atomic E-state index is 0.297. The third-order valence-corrected chi connectivity index (χ3v) is 6.22. The summed E-state index contributed by atoms with van der Waals surface area (Å²) >= 11 is 3.45. The van der Waals surface area contributed by atoms with Gasteiger partial charge in [0.2, 0.25) is 0 Å². The molecule has 0 saturated carbocycles. The van der Waals surface area contributed by atoms with E-state index in [4.69, 9.17) is 0 Å². The summed E-state index contributed by atoms with van der Waals surface area (Å²) in [6.45, 7) is 0.390. The highest BCUT2D eigenvalue weighted by Crippen LogP contribution is 2.25. The van der Waals surface area contributed by atoms with Gasteiger partial charge in [-0.05, 0) is 40.9 Å². The number of rotatable bonds is 2. The minimum atomic E-state index is -2.95. The molecule has 96 valence electrons. The van der Waals surface area contributed by atoms with Gasteiger partial charge in [-0.3, -0.25) is 0 Å². The molecule has 1 saturated heterocycles. The second-order valence-corrected chi connectivity index (χ2v) is 7.77. The Morgan fingerprint density at radius 3 is 3.00 bits per heavy atom. The van der Waals surface area contributed by atoms with Crippen molar-refractivity contribution in [2.24, 2.45) is 0 Å². The molecule has 7 heteroatoms. The van der Waals surface area contributed by atoms with Crippen LogP contribution in [-0.4, -0.2) is 34.4 Å². The first-order valence-electron chi connectivity index (χ1n) is 5.77. The Hall–Kier alpha value is -0.950. The fourth-order valence-electron chi connectivity index (χ4n) is 2.37. The zero-order valence-corrected chi connectivity index (χ0v) is 12.0. The quantitative estimate of drug-likeness (QED) is 0.842. The van der Waals surface area contributed by atoms with Crippen molar-refractivity contribution >= 4 is 36.8 Å². The van der Waals surface area contributed by atoms with Crippen LogP contribution in [-0.2, 0) is 16.4 Å². The molecule has 1 aromatic carbocycles.